The Kier molecular flexibility index (Phi) is 7.12. The zero-order chi connectivity index (χ0) is 22.4. The van der Waals surface area contributed by atoms with Crippen LogP contribution in [0, 0.1) is 23.0 Å². The maximum absolute atomic E-state index is 12.4. The molecule has 0 unspecified atom stereocenters. The quantitative estimate of drug-likeness (QED) is 0.403. The molecule has 8 nitrogen and oxygen atoms in total. The molecule has 0 aliphatic heterocycles. The first-order valence-electron chi connectivity index (χ1n) is 10.4. The normalized spacial score (nSPS) is 14.7. The second kappa shape index (κ2) is 9.97. The minimum atomic E-state index is -0.486. The van der Waals surface area contributed by atoms with Crippen LogP contribution >= 0.6 is 0 Å². The van der Waals surface area contributed by atoms with Crippen LogP contribution in [-0.4, -0.2) is 22.4 Å². The molecule has 1 aliphatic carbocycles. The fourth-order valence-corrected chi connectivity index (χ4v) is 3.67. The number of rotatable bonds is 6. The molecular formula is C23H26N4O4. The monoisotopic (exact) mass is 422 g/mol. The zero-order valence-corrected chi connectivity index (χ0v) is 17.7. The molecule has 0 spiro atoms. The second-order valence-electron chi connectivity index (χ2n) is 7.80. The van der Waals surface area contributed by atoms with Gasteiger partial charge in [-0.2, -0.15) is 5.10 Å². The third-order valence-corrected chi connectivity index (χ3v) is 5.53. The van der Waals surface area contributed by atoms with Gasteiger partial charge in [-0.15, -0.1) is 0 Å². The third kappa shape index (κ3) is 5.75. The van der Waals surface area contributed by atoms with Crippen molar-refractivity contribution in [1.82, 2.24) is 5.43 Å². The standard InChI is InChI=1S/C23H26N4O4/c1-15-14-19(10-13-21(15)27(30)31)23(29)26-25-16(2)17-8-11-20(12-9-17)24-22(28)18-6-4-3-5-7-18/h8-14,18H,3-7H2,1-2H3,(H,24,28)(H,26,29). The molecule has 1 aliphatic rings. The van der Waals surface area contributed by atoms with E-state index in [9.17, 15) is 19.7 Å². The van der Waals surface area contributed by atoms with E-state index in [4.69, 9.17) is 0 Å². The summed E-state index contributed by atoms with van der Waals surface area (Å²) in [7, 11) is 0. The molecule has 1 saturated carbocycles. The van der Waals surface area contributed by atoms with E-state index in [0.29, 0.717) is 16.8 Å². The average molecular weight is 422 g/mol. The molecule has 8 heteroatoms. The SMILES string of the molecule is CC(=NNC(=O)c1ccc([N+](=O)[O-])c(C)c1)c1ccc(NC(=O)C2CCCCC2)cc1. The number of carbonyl (C=O) groups excluding carboxylic acids is 2. The van der Waals surface area contributed by atoms with Crippen molar-refractivity contribution in [1.29, 1.82) is 0 Å². The van der Waals surface area contributed by atoms with Crippen LogP contribution in [0.5, 0.6) is 0 Å². The summed E-state index contributed by atoms with van der Waals surface area (Å²) in [6.45, 7) is 3.34. The molecular weight excluding hydrogens is 396 g/mol. The zero-order valence-electron chi connectivity index (χ0n) is 17.7. The number of benzene rings is 2. The van der Waals surface area contributed by atoms with Crippen LogP contribution < -0.4 is 10.7 Å². The first kappa shape index (κ1) is 22.1. The third-order valence-electron chi connectivity index (χ3n) is 5.53. The molecule has 162 valence electrons. The number of carbonyl (C=O) groups is 2. The first-order chi connectivity index (χ1) is 14.8. The van der Waals surface area contributed by atoms with Crippen molar-refractivity contribution in [3.05, 3.63) is 69.3 Å². The molecule has 1 fully saturated rings. The molecule has 3 rings (SSSR count). The van der Waals surface area contributed by atoms with Gasteiger partial charge in [-0.1, -0.05) is 31.4 Å². The van der Waals surface area contributed by atoms with Gasteiger partial charge in [0.05, 0.1) is 10.6 Å². The lowest BCUT2D eigenvalue weighted by atomic mass is 9.88. The highest BCUT2D eigenvalue weighted by Gasteiger charge is 2.21. The minimum Gasteiger partial charge on any atom is -0.326 e. The van der Waals surface area contributed by atoms with E-state index in [0.717, 1.165) is 36.9 Å². The number of hydrogen-bond donors (Lipinski definition) is 2. The fraction of sp³-hybridized carbons (Fsp3) is 0.348. The molecule has 31 heavy (non-hydrogen) atoms. The van der Waals surface area contributed by atoms with Gasteiger partial charge in [0.1, 0.15) is 0 Å². The average Bonchev–Trinajstić information content (AvgIpc) is 2.78. The fourth-order valence-electron chi connectivity index (χ4n) is 3.67. The number of hydrazone groups is 1. The van der Waals surface area contributed by atoms with Gasteiger partial charge in [-0.3, -0.25) is 19.7 Å². The molecule has 0 bridgehead atoms. The van der Waals surface area contributed by atoms with Crippen LogP contribution in [0.2, 0.25) is 0 Å². The lowest BCUT2D eigenvalue weighted by Crippen LogP contribution is -2.24. The van der Waals surface area contributed by atoms with E-state index in [1.54, 1.807) is 13.8 Å². The number of nitro benzene ring substituents is 1. The van der Waals surface area contributed by atoms with Crippen LogP contribution in [0.3, 0.4) is 0 Å². The van der Waals surface area contributed by atoms with Gasteiger partial charge in [0.25, 0.3) is 11.6 Å². The van der Waals surface area contributed by atoms with E-state index in [2.05, 4.69) is 15.8 Å². The van der Waals surface area contributed by atoms with E-state index < -0.39 is 10.8 Å². The summed E-state index contributed by atoms with van der Waals surface area (Å²) < 4.78 is 0. The number of nitrogens with zero attached hydrogens (tertiary/aromatic N) is 2. The Morgan fingerprint density at radius 1 is 1.03 bits per heavy atom. The van der Waals surface area contributed by atoms with E-state index in [1.807, 2.05) is 24.3 Å². The minimum absolute atomic E-state index is 0.0353. The number of nitro groups is 1. The van der Waals surface area contributed by atoms with Crippen molar-refractivity contribution in [2.75, 3.05) is 5.32 Å². The summed E-state index contributed by atoms with van der Waals surface area (Å²) in [5.41, 5.74) is 5.27. The molecule has 0 radical (unpaired) electrons. The second-order valence-corrected chi connectivity index (χ2v) is 7.80. The molecule has 0 aromatic heterocycles. The summed E-state index contributed by atoms with van der Waals surface area (Å²) >= 11 is 0. The molecule has 0 atom stereocenters. The van der Waals surface area contributed by atoms with Crippen LogP contribution in [0.15, 0.2) is 47.6 Å². The van der Waals surface area contributed by atoms with Gasteiger partial charge in [0, 0.05) is 28.8 Å². The van der Waals surface area contributed by atoms with Gasteiger partial charge in [-0.25, -0.2) is 5.43 Å². The number of nitrogens with one attached hydrogen (secondary N) is 2. The maximum atomic E-state index is 12.4. The van der Waals surface area contributed by atoms with E-state index in [-0.39, 0.29) is 17.5 Å². The predicted molar refractivity (Wildman–Crippen MR) is 119 cm³/mol. The molecule has 2 N–H and O–H groups in total. The lowest BCUT2D eigenvalue weighted by Gasteiger charge is -2.20. The number of anilines is 1. The Morgan fingerprint density at radius 2 is 1.68 bits per heavy atom. The molecule has 0 heterocycles. The summed E-state index contributed by atoms with van der Waals surface area (Å²) in [6.07, 6.45) is 5.32. The molecule has 2 amide bonds. The van der Waals surface area contributed by atoms with Gasteiger partial charge in [-0.05, 0) is 56.5 Å². The van der Waals surface area contributed by atoms with Crippen LogP contribution in [0.1, 0.15) is 60.5 Å². The van der Waals surface area contributed by atoms with Gasteiger partial charge < -0.3 is 5.32 Å². The van der Waals surface area contributed by atoms with E-state index >= 15 is 0 Å². The topological polar surface area (TPSA) is 114 Å². The Hall–Kier alpha value is -3.55. The predicted octanol–water partition coefficient (Wildman–Crippen LogP) is 4.58. The summed E-state index contributed by atoms with van der Waals surface area (Å²) in [5, 5.41) is 18.0. The van der Waals surface area contributed by atoms with Crippen molar-refractivity contribution >= 4 is 28.9 Å². The highest BCUT2D eigenvalue weighted by molar-refractivity contribution is 6.01. The van der Waals surface area contributed by atoms with Crippen molar-refractivity contribution in [3.63, 3.8) is 0 Å². The van der Waals surface area contributed by atoms with Crippen molar-refractivity contribution in [3.8, 4) is 0 Å². The van der Waals surface area contributed by atoms with Gasteiger partial charge >= 0.3 is 0 Å². The Bertz CT molecular complexity index is 1010. The first-order valence-corrected chi connectivity index (χ1v) is 10.4. The Labute approximate surface area is 180 Å². The lowest BCUT2D eigenvalue weighted by molar-refractivity contribution is -0.385. The van der Waals surface area contributed by atoms with Crippen LogP contribution in [0.4, 0.5) is 11.4 Å². The largest absolute Gasteiger partial charge is 0.326 e. The molecule has 0 saturated heterocycles. The van der Waals surface area contributed by atoms with Crippen LogP contribution in [0.25, 0.3) is 0 Å². The number of hydrogen-bond acceptors (Lipinski definition) is 5. The molecule has 2 aromatic rings. The van der Waals surface area contributed by atoms with Crippen molar-refractivity contribution in [2.45, 2.75) is 46.0 Å². The van der Waals surface area contributed by atoms with Gasteiger partial charge in [0.15, 0.2) is 0 Å². The van der Waals surface area contributed by atoms with Crippen molar-refractivity contribution < 1.29 is 14.5 Å². The summed E-state index contributed by atoms with van der Waals surface area (Å²) in [5.74, 6) is -0.285. The smallest absolute Gasteiger partial charge is 0.272 e. The van der Waals surface area contributed by atoms with E-state index in [1.165, 1.54) is 24.6 Å². The number of amides is 2. The highest BCUT2D eigenvalue weighted by atomic mass is 16.6. The Morgan fingerprint density at radius 3 is 2.29 bits per heavy atom. The summed E-state index contributed by atoms with van der Waals surface area (Å²) in [6, 6.07) is 11.5. The Balaban J connectivity index is 1.59. The molecule has 2 aromatic carbocycles. The summed E-state index contributed by atoms with van der Waals surface area (Å²) in [4.78, 5) is 35.1. The maximum Gasteiger partial charge on any atom is 0.272 e. The van der Waals surface area contributed by atoms with Crippen LogP contribution in [-0.2, 0) is 4.79 Å². The highest BCUT2D eigenvalue weighted by Crippen LogP contribution is 2.25. The van der Waals surface area contributed by atoms with Crippen molar-refractivity contribution in [2.24, 2.45) is 11.0 Å². The van der Waals surface area contributed by atoms with Gasteiger partial charge in [0.2, 0.25) is 5.91 Å². The number of aryl methyl sites for hydroxylation is 1.